The lowest BCUT2D eigenvalue weighted by molar-refractivity contribution is 0.0936. The van der Waals surface area contributed by atoms with E-state index >= 15 is 0 Å². The number of nitrogens with zero attached hydrogens (tertiary/aromatic N) is 2. The molecule has 0 spiro atoms. The molecule has 0 saturated carbocycles. The minimum atomic E-state index is -0.0854. The molecule has 7 heteroatoms. The number of aliphatic imine (C=N–C) groups is 1. The third-order valence-electron chi connectivity index (χ3n) is 4.46. The van der Waals surface area contributed by atoms with Crippen LogP contribution in [-0.4, -0.2) is 44.4 Å². The highest BCUT2D eigenvalue weighted by Crippen LogP contribution is 2.30. The number of fused-ring (bicyclic) bond motifs is 1. The summed E-state index contributed by atoms with van der Waals surface area (Å²) in [5, 5.41) is 6.56. The SMILES string of the molecule is CN=C(NCc1ncc(C)c(OC)c1C)NCC1COc2ccccc2O1. The molecule has 0 bridgehead atoms. The second-order valence-corrected chi connectivity index (χ2v) is 6.35. The minimum absolute atomic E-state index is 0.0854. The number of methoxy groups -OCH3 is 1. The number of hydrogen-bond acceptors (Lipinski definition) is 5. The first-order valence-electron chi connectivity index (χ1n) is 8.94. The number of guanidine groups is 1. The molecule has 0 fully saturated rings. The van der Waals surface area contributed by atoms with Crippen LogP contribution in [0.5, 0.6) is 17.2 Å². The Kier molecular flexibility index (Phi) is 6.01. The number of rotatable bonds is 5. The lowest BCUT2D eigenvalue weighted by atomic mass is 10.1. The Balaban J connectivity index is 1.54. The standard InChI is InChI=1S/C20H26N4O3/c1-13-9-22-16(14(2)19(13)25-4)11-24-20(21-3)23-10-15-12-26-17-7-5-6-8-18(17)27-15/h5-9,15H,10-12H2,1-4H3,(H2,21,23,24). The topological polar surface area (TPSA) is 77.0 Å². The largest absolute Gasteiger partial charge is 0.496 e. The molecular formula is C20H26N4O3. The zero-order valence-corrected chi connectivity index (χ0v) is 16.2. The summed E-state index contributed by atoms with van der Waals surface area (Å²) in [6, 6.07) is 7.69. The monoisotopic (exact) mass is 370 g/mol. The second kappa shape index (κ2) is 8.62. The summed E-state index contributed by atoms with van der Waals surface area (Å²) in [5.41, 5.74) is 2.98. The van der Waals surface area contributed by atoms with Crippen LogP contribution in [0.15, 0.2) is 35.5 Å². The van der Waals surface area contributed by atoms with E-state index in [-0.39, 0.29) is 6.10 Å². The van der Waals surface area contributed by atoms with Gasteiger partial charge < -0.3 is 24.8 Å². The van der Waals surface area contributed by atoms with E-state index in [4.69, 9.17) is 14.2 Å². The highest BCUT2D eigenvalue weighted by Gasteiger charge is 2.20. The van der Waals surface area contributed by atoms with Gasteiger partial charge >= 0.3 is 0 Å². The second-order valence-electron chi connectivity index (χ2n) is 6.35. The molecule has 1 unspecified atom stereocenters. The molecule has 0 radical (unpaired) electrons. The fourth-order valence-electron chi connectivity index (χ4n) is 3.01. The van der Waals surface area contributed by atoms with Crippen molar-refractivity contribution in [3.05, 3.63) is 47.3 Å². The average Bonchev–Trinajstić information content (AvgIpc) is 2.69. The number of benzene rings is 1. The lowest BCUT2D eigenvalue weighted by Crippen LogP contribution is -2.45. The molecule has 0 saturated heterocycles. The molecule has 0 aliphatic carbocycles. The van der Waals surface area contributed by atoms with Crippen molar-refractivity contribution < 1.29 is 14.2 Å². The van der Waals surface area contributed by atoms with E-state index in [1.54, 1.807) is 14.2 Å². The van der Waals surface area contributed by atoms with Crippen molar-refractivity contribution in [1.29, 1.82) is 0 Å². The average molecular weight is 370 g/mol. The van der Waals surface area contributed by atoms with Gasteiger partial charge in [0.1, 0.15) is 18.5 Å². The van der Waals surface area contributed by atoms with Crippen LogP contribution >= 0.6 is 0 Å². The molecule has 1 aromatic carbocycles. The predicted molar refractivity (Wildman–Crippen MR) is 105 cm³/mol. The van der Waals surface area contributed by atoms with Crippen molar-refractivity contribution >= 4 is 5.96 Å². The summed E-state index contributed by atoms with van der Waals surface area (Å²) in [5.74, 6) is 3.10. The minimum Gasteiger partial charge on any atom is -0.496 e. The van der Waals surface area contributed by atoms with Gasteiger partial charge in [-0.15, -0.1) is 0 Å². The highest BCUT2D eigenvalue weighted by molar-refractivity contribution is 5.79. The molecule has 1 atom stereocenters. The Morgan fingerprint density at radius 1 is 1.26 bits per heavy atom. The van der Waals surface area contributed by atoms with Crippen LogP contribution < -0.4 is 24.8 Å². The summed E-state index contributed by atoms with van der Waals surface area (Å²) in [6.07, 6.45) is 1.74. The first-order valence-corrected chi connectivity index (χ1v) is 8.94. The zero-order valence-electron chi connectivity index (χ0n) is 16.2. The van der Waals surface area contributed by atoms with E-state index in [2.05, 4.69) is 20.6 Å². The van der Waals surface area contributed by atoms with E-state index in [0.29, 0.717) is 25.7 Å². The van der Waals surface area contributed by atoms with Crippen LogP contribution in [0.4, 0.5) is 0 Å². The van der Waals surface area contributed by atoms with Crippen molar-refractivity contribution in [3.8, 4) is 17.2 Å². The van der Waals surface area contributed by atoms with E-state index < -0.39 is 0 Å². The van der Waals surface area contributed by atoms with Gasteiger partial charge in [0.15, 0.2) is 17.5 Å². The van der Waals surface area contributed by atoms with Gasteiger partial charge in [0, 0.05) is 24.4 Å². The predicted octanol–water partition coefficient (Wildman–Crippen LogP) is 2.21. The molecule has 1 aliphatic rings. The van der Waals surface area contributed by atoms with E-state index in [9.17, 15) is 0 Å². The third kappa shape index (κ3) is 4.42. The molecule has 2 N–H and O–H groups in total. The van der Waals surface area contributed by atoms with Gasteiger partial charge in [0.2, 0.25) is 0 Å². The van der Waals surface area contributed by atoms with Crippen LogP contribution in [0.3, 0.4) is 0 Å². The highest BCUT2D eigenvalue weighted by atomic mass is 16.6. The summed E-state index contributed by atoms with van der Waals surface area (Å²) in [4.78, 5) is 8.76. The fourth-order valence-corrected chi connectivity index (χ4v) is 3.01. The Labute approximate surface area is 159 Å². The maximum absolute atomic E-state index is 5.95. The fraction of sp³-hybridized carbons (Fsp3) is 0.400. The zero-order chi connectivity index (χ0) is 19.2. The summed E-state index contributed by atoms with van der Waals surface area (Å²) < 4.78 is 17.1. The Hall–Kier alpha value is -2.96. The van der Waals surface area contributed by atoms with Crippen molar-refractivity contribution in [1.82, 2.24) is 15.6 Å². The normalized spacial score (nSPS) is 16.0. The van der Waals surface area contributed by atoms with Gasteiger partial charge in [-0.25, -0.2) is 0 Å². The number of hydrogen-bond donors (Lipinski definition) is 2. The van der Waals surface area contributed by atoms with E-state index in [0.717, 1.165) is 34.1 Å². The summed E-state index contributed by atoms with van der Waals surface area (Å²) in [7, 11) is 3.41. The van der Waals surface area contributed by atoms with E-state index in [1.165, 1.54) is 0 Å². The van der Waals surface area contributed by atoms with Gasteiger partial charge in [-0.2, -0.15) is 0 Å². The lowest BCUT2D eigenvalue weighted by Gasteiger charge is -2.27. The van der Waals surface area contributed by atoms with Gasteiger partial charge in [0.25, 0.3) is 0 Å². The molecule has 1 aliphatic heterocycles. The van der Waals surface area contributed by atoms with Crippen LogP contribution in [0.2, 0.25) is 0 Å². The number of aromatic nitrogens is 1. The maximum atomic E-state index is 5.95. The number of para-hydroxylation sites is 2. The molecule has 7 nitrogen and oxygen atoms in total. The Morgan fingerprint density at radius 2 is 2.04 bits per heavy atom. The molecule has 144 valence electrons. The van der Waals surface area contributed by atoms with Crippen molar-refractivity contribution in [2.45, 2.75) is 26.5 Å². The van der Waals surface area contributed by atoms with Crippen molar-refractivity contribution in [2.75, 3.05) is 27.3 Å². The third-order valence-corrected chi connectivity index (χ3v) is 4.46. The number of nitrogens with one attached hydrogen (secondary N) is 2. The Bertz CT molecular complexity index is 823. The van der Waals surface area contributed by atoms with E-state index in [1.807, 2.05) is 44.3 Å². The summed E-state index contributed by atoms with van der Waals surface area (Å²) in [6.45, 7) is 5.62. The quantitative estimate of drug-likeness (QED) is 0.621. The van der Waals surface area contributed by atoms with Gasteiger partial charge in [-0.1, -0.05) is 12.1 Å². The van der Waals surface area contributed by atoms with Gasteiger partial charge in [-0.3, -0.25) is 9.98 Å². The molecule has 2 heterocycles. The first kappa shape index (κ1) is 18.8. The smallest absolute Gasteiger partial charge is 0.191 e. The number of aryl methyl sites for hydroxylation is 1. The van der Waals surface area contributed by atoms with Crippen LogP contribution in [0, 0.1) is 13.8 Å². The number of ether oxygens (including phenoxy) is 3. The van der Waals surface area contributed by atoms with Crippen molar-refractivity contribution in [2.24, 2.45) is 4.99 Å². The summed E-state index contributed by atoms with van der Waals surface area (Å²) >= 11 is 0. The molecule has 0 amide bonds. The number of pyridine rings is 1. The van der Waals surface area contributed by atoms with Gasteiger partial charge in [0.05, 0.1) is 25.9 Å². The molecule has 2 aromatic rings. The Morgan fingerprint density at radius 3 is 2.78 bits per heavy atom. The molecular weight excluding hydrogens is 344 g/mol. The van der Waals surface area contributed by atoms with Crippen LogP contribution in [0.25, 0.3) is 0 Å². The molecule has 1 aromatic heterocycles. The van der Waals surface area contributed by atoms with Crippen LogP contribution in [0.1, 0.15) is 16.8 Å². The van der Waals surface area contributed by atoms with Crippen LogP contribution in [-0.2, 0) is 6.54 Å². The molecule has 27 heavy (non-hydrogen) atoms. The molecule has 3 rings (SSSR count). The van der Waals surface area contributed by atoms with Crippen molar-refractivity contribution in [3.63, 3.8) is 0 Å². The maximum Gasteiger partial charge on any atom is 0.191 e. The van der Waals surface area contributed by atoms with Gasteiger partial charge in [-0.05, 0) is 26.0 Å². The first-order chi connectivity index (χ1) is 13.1.